The van der Waals surface area contributed by atoms with E-state index in [9.17, 15) is 9.59 Å². The molecule has 1 aromatic rings. The summed E-state index contributed by atoms with van der Waals surface area (Å²) in [5.41, 5.74) is 0.817. The minimum absolute atomic E-state index is 0.0245. The van der Waals surface area contributed by atoms with Crippen molar-refractivity contribution in [2.45, 2.75) is 18.7 Å². The third kappa shape index (κ3) is 6.95. The van der Waals surface area contributed by atoms with Crippen molar-refractivity contribution in [1.82, 2.24) is 5.32 Å². The SMILES string of the molecule is CSc1ccccc1NC(=O)C[NH+](C)CC(=O)NCC(C)C. The normalized spacial score (nSPS) is 12.0. The van der Waals surface area contributed by atoms with Gasteiger partial charge in [0.05, 0.1) is 12.7 Å². The lowest BCUT2D eigenvalue weighted by Gasteiger charge is -2.15. The lowest BCUT2D eigenvalue weighted by molar-refractivity contribution is -0.862. The zero-order chi connectivity index (χ0) is 16.5. The fourth-order valence-corrected chi connectivity index (χ4v) is 2.49. The van der Waals surface area contributed by atoms with Crippen LogP contribution in [0.15, 0.2) is 29.2 Å². The largest absolute Gasteiger partial charge is 0.351 e. The molecule has 0 aliphatic rings. The van der Waals surface area contributed by atoms with Gasteiger partial charge in [-0.1, -0.05) is 26.0 Å². The van der Waals surface area contributed by atoms with Crippen molar-refractivity contribution in [2.24, 2.45) is 5.92 Å². The summed E-state index contributed by atoms with van der Waals surface area (Å²) in [7, 11) is 1.84. The van der Waals surface area contributed by atoms with Gasteiger partial charge in [0.1, 0.15) is 0 Å². The van der Waals surface area contributed by atoms with Gasteiger partial charge in [0.25, 0.3) is 11.8 Å². The highest BCUT2D eigenvalue weighted by Gasteiger charge is 2.15. The first kappa shape index (κ1) is 18.5. The van der Waals surface area contributed by atoms with E-state index in [0.717, 1.165) is 15.5 Å². The van der Waals surface area contributed by atoms with Gasteiger partial charge in [-0.15, -0.1) is 11.8 Å². The molecule has 0 aromatic heterocycles. The second-order valence-corrected chi connectivity index (χ2v) is 6.61. The van der Waals surface area contributed by atoms with E-state index in [4.69, 9.17) is 0 Å². The molecule has 0 heterocycles. The van der Waals surface area contributed by atoms with E-state index in [0.29, 0.717) is 19.0 Å². The summed E-state index contributed by atoms with van der Waals surface area (Å²) < 4.78 is 0. The zero-order valence-electron chi connectivity index (χ0n) is 13.7. The van der Waals surface area contributed by atoms with Gasteiger partial charge in [-0.05, 0) is 24.3 Å². The predicted molar refractivity (Wildman–Crippen MR) is 91.3 cm³/mol. The molecule has 0 saturated carbocycles. The number of hydrogen-bond donors (Lipinski definition) is 3. The number of rotatable bonds is 8. The van der Waals surface area contributed by atoms with Crippen LogP contribution in [0.3, 0.4) is 0 Å². The maximum Gasteiger partial charge on any atom is 0.279 e. The standard InChI is InChI=1S/C16H25N3O2S/c1-12(2)9-17-15(20)10-19(3)11-16(21)18-13-7-5-6-8-14(13)22-4/h5-8,12H,9-11H2,1-4H3,(H,17,20)(H,18,21)/p+1. The molecule has 0 aliphatic carbocycles. The van der Waals surface area contributed by atoms with Gasteiger partial charge in [-0.3, -0.25) is 9.59 Å². The van der Waals surface area contributed by atoms with E-state index in [1.54, 1.807) is 11.8 Å². The average molecular weight is 324 g/mol. The van der Waals surface area contributed by atoms with Crippen LogP contribution in [0.2, 0.25) is 0 Å². The van der Waals surface area contributed by atoms with Crippen molar-refractivity contribution in [1.29, 1.82) is 0 Å². The summed E-state index contributed by atoms with van der Waals surface area (Å²) in [6, 6.07) is 7.69. The number of para-hydroxylation sites is 1. The van der Waals surface area contributed by atoms with Crippen molar-refractivity contribution in [3.05, 3.63) is 24.3 Å². The molecule has 0 bridgehead atoms. The van der Waals surface area contributed by atoms with E-state index in [2.05, 4.69) is 10.6 Å². The van der Waals surface area contributed by atoms with Gasteiger partial charge in [0.15, 0.2) is 13.1 Å². The number of nitrogens with one attached hydrogen (secondary N) is 3. The molecule has 1 atom stereocenters. The molecule has 3 N–H and O–H groups in total. The van der Waals surface area contributed by atoms with Crippen molar-refractivity contribution >= 4 is 29.3 Å². The minimum atomic E-state index is -0.0874. The van der Waals surface area contributed by atoms with Crippen molar-refractivity contribution < 1.29 is 14.5 Å². The molecule has 1 aromatic carbocycles. The molecule has 0 radical (unpaired) electrons. The third-order valence-electron chi connectivity index (χ3n) is 3.01. The molecular formula is C16H26N3O2S+. The van der Waals surface area contributed by atoms with E-state index < -0.39 is 0 Å². The Kier molecular flexibility index (Phi) is 7.98. The van der Waals surface area contributed by atoms with Gasteiger partial charge in [0, 0.05) is 11.4 Å². The molecule has 22 heavy (non-hydrogen) atoms. The van der Waals surface area contributed by atoms with Crippen LogP contribution in [0.1, 0.15) is 13.8 Å². The van der Waals surface area contributed by atoms with Gasteiger partial charge in [-0.2, -0.15) is 0 Å². The third-order valence-corrected chi connectivity index (χ3v) is 3.81. The van der Waals surface area contributed by atoms with E-state index in [1.165, 1.54) is 0 Å². The summed E-state index contributed by atoms with van der Waals surface area (Å²) in [6.07, 6.45) is 1.97. The van der Waals surface area contributed by atoms with Crippen LogP contribution in [0, 0.1) is 5.92 Å². The monoisotopic (exact) mass is 324 g/mol. The maximum absolute atomic E-state index is 12.1. The van der Waals surface area contributed by atoms with E-state index >= 15 is 0 Å². The Bertz CT molecular complexity index is 506. The number of benzene rings is 1. The molecule has 0 aliphatic heterocycles. The highest BCUT2D eigenvalue weighted by molar-refractivity contribution is 7.98. The molecule has 122 valence electrons. The molecule has 0 saturated heterocycles. The van der Waals surface area contributed by atoms with Crippen LogP contribution in [-0.2, 0) is 9.59 Å². The summed E-state index contributed by atoms with van der Waals surface area (Å²) in [6.45, 7) is 5.32. The fraction of sp³-hybridized carbons (Fsp3) is 0.500. The highest BCUT2D eigenvalue weighted by atomic mass is 32.2. The first-order valence-electron chi connectivity index (χ1n) is 7.43. The summed E-state index contributed by atoms with van der Waals surface area (Å²) in [4.78, 5) is 25.7. The number of carbonyl (C=O) groups is 2. The number of carbonyl (C=O) groups excluding carboxylic acids is 2. The number of amides is 2. The van der Waals surface area contributed by atoms with Crippen LogP contribution in [0.25, 0.3) is 0 Å². The molecule has 0 fully saturated rings. The Morgan fingerprint density at radius 3 is 2.45 bits per heavy atom. The van der Waals surface area contributed by atoms with Crippen LogP contribution < -0.4 is 15.5 Å². The van der Waals surface area contributed by atoms with Gasteiger partial charge in [-0.25, -0.2) is 0 Å². The zero-order valence-corrected chi connectivity index (χ0v) is 14.5. The summed E-state index contributed by atoms with van der Waals surface area (Å²) in [5, 5.41) is 5.76. The maximum atomic E-state index is 12.1. The topological polar surface area (TPSA) is 62.6 Å². The Morgan fingerprint density at radius 2 is 1.82 bits per heavy atom. The second kappa shape index (κ2) is 9.48. The van der Waals surface area contributed by atoms with Crippen LogP contribution in [0.4, 0.5) is 5.69 Å². The smallest absolute Gasteiger partial charge is 0.279 e. The van der Waals surface area contributed by atoms with Crippen molar-refractivity contribution in [2.75, 3.05) is 38.3 Å². The van der Waals surface area contributed by atoms with Crippen molar-refractivity contribution in [3.8, 4) is 0 Å². The summed E-state index contributed by atoms with van der Waals surface area (Å²) in [5.74, 6) is 0.315. The van der Waals surface area contributed by atoms with Gasteiger partial charge < -0.3 is 15.5 Å². The first-order valence-corrected chi connectivity index (χ1v) is 8.65. The van der Waals surface area contributed by atoms with E-state index in [-0.39, 0.29) is 18.4 Å². The van der Waals surface area contributed by atoms with Crippen LogP contribution in [0.5, 0.6) is 0 Å². The minimum Gasteiger partial charge on any atom is -0.351 e. The first-order chi connectivity index (χ1) is 10.4. The molecule has 5 nitrogen and oxygen atoms in total. The number of anilines is 1. The Hall–Kier alpha value is -1.53. The molecule has 2 amide bonds. The molecular weight excluding hydrogens is 298 g/mol. The van der Waals surface area contributed by atoms with Crippen LogP contribution >= 0.6 is 11.8 Å². The highest BCUT2D eigenvalue weighted by Crippen LogP contribution is 2.24. The Labute approximate surface area is 136 Å². The number of quaternary nitrogens is 1. The lowest BCUT2D eigenvalue weighted by atomic mass is 10.2. The fourth-order valence-electron chi connectivity index (χ4n) is 1.93. The predicted octanol–water partition coefficient (Wildman–Crippen LogP) is 0.634. The lowest BCUT2D eigenvalue weighted by Crippen LogP contribution is -3.11. The Balaban J connectivity index is 2.42. The Morgan fingerprint density at radius 1 is 1.18 bits per heavy atom. The van der Waals surface area contributed by atoms with Crippen molar-refractivity contribution in [3.63, 3.8) is 0 Å². The summed E-state index contributed by atoms with van der Waals surface area (Å²) >= 11 is 1.59. The quantitative estimate of drug-likeness (QED) is 0.615. The number of hydrogen-bond acceptors (Lipinski definition) is 3. The number of likely N-dealkylation sites (N-methyl/N-ethyl adjacent to an activating group) is 1. The number of thioether (sulfide) groups is 1. The van der Waals surface area contributed by atoms with E-state index in [1.807, 2.05) is 51.4 Å². The molecule has 6 heteroatoms. The molecule has 1 unspecified atom stereocenters. The molecule has 0 spiro atoms. The average Bonchev–Trinajstić information content (AvgIpc) is 2.45. The van der Waals surface area contributed by atoms with Gasteiger partial charge in [0.2, 0.25) is 0 Å². The second-order valence-electron chi connectivity index (χ2n) is 5.76. The molecule has 1 rings (SSSR count). The van der Waals surface area contributed by atoms with Gasteiger partial charge >= 0.3 is 0 Å². The van der Waals surface area contributed by atoms with Crippen LogP contribution in [-0.4, -0.2) is 44.8 Å².